The molecule has 0 unspecified atom stereocenters. The fraction of sp³-hybridized carbons (Fsp3) is 0.750. The Morgan fingerprint density at radius 2 is 0.923 bits per heavy atom. The maximum Gasteiger partial charge on any atom is 0.507 e. The van der Waals surface area contributed by atoms with Crippen molar-refractivity contribution in [1.82, 2.24) is 0 Å². The minimum Gasteiger partial charge on any atom is -0.399 e. The van der Waals surface area contributed by atoms with Gasteiger partial charge in [-0.1, -0.05) is 0 Å². The van der Waals surface area contributed by atoms with Crippen LogP contribution in [0.1, 0.15) is 55.4 Å². The second-order valence-electron chi connectivity index (χ2n) is 8.97. The third-order valence-corrected chi connectivity index (χ3v) is 7.85. The van der Waals surface area contributed by atoms with Gasteiger partial charge in [0.2, 0.25) is 0 Å². The van der Waals surface area contributed by atoms with Gasteiger partial charge in [0.05, 0.1) is 43.3 Å². The lowest BCUT2D eigenvalue weighted by molar-refractivity contribution is 0.00578. The Kier molecular flexibility index (Phi) is 4.00. The summed E-state index contributed by atoms with van der Waals surface area (Å²) in [7, 11) is -0.930. The summed E-state index contributed by atoms with van der Waals surface area (Å²) >= 11 is 2.75. The Hall–Kier alpha value is -0.510. The Labute approximate surface area is 163 Å². The van der Waals surface area contributed by atoms with Crippen LogP contribution in [-0.2, 0) is 30.0 Å². The summed E-state index contributed by atoms with van der Waals surface area (Å²) in [5, 5.41) is 0. The summed E-state index contributed by atoms with van der Waals surface area (Å²) < 4.78 is 35.8. The highest BCUT2D eigenvalue weighted by molar-refractivity contribution is 7.58. The minimum absolute atomic E-state index is 0.401. The standard InChI is InChI=1S/C16H24B2N2O4S2/c1-13(2)14(3,4)22-17(21-13)11-9-10(20-26-19-9)12(25-11)18-23-15(5,6)16(7,8)24-18/h1-8H3. The van der Waals surface area contributed by atoms with Gasteiger partial charge < -0.3 is 18.6 Å². The predicted molar refractivity (Wildman–Crippen MR) is 107 cm³/mol. The molecule has 2 saturated heterocycles. The second kappa shape index (κ2) is 5.52. The van der Waals surface area contributed by atoms with E-state index in [1.54, 1.807) is 11.3 Å². The van der Waals surface area contributed by atoms with Gasteiger partial charge >= 0.3 is 14.2 Å². The lowest BCUT2D eigenvalue weighted by atomic mass is 9.83. The molecule has 10 heteroatoms. The molecule has 0 aromatic carbocycles. The molecule has 0 amide bonds. The van der Waals surface area contributed by atoms with Crippen molar-refractivity contribution in [3.8, 4) is 0 Å². The van der Waals surface area contributed by atoms with Crippen molar-refractivity contribution in [3.05, 3.63) is 0 Å². The van der Waals surface area contributed by atoms with Gasteiger partial charge in [0, 0.05) is 0 Å². The topological polar surface area (TPSA) is 61.6 Å². The quantitative estimate of drug-likeness (QED) is 0.735. The average Bonchev–Trinajstić information content (AvgIpc) is 3.13. The number of hydrogen-bond acceptors (Lipinski definition) is 7. The van der Waals surface area contributed by atoms with E-state index in [1.807, 2.05) is 55.4 Å². The number of fused-ring (bicyclic) bond motifs is 1. The molecule has 26 heavy (non-hydrogen) atoms. The molecule has 140 valence electrons. The van der Waals surface area contributed by atoms with E-state index in [9.17, 15) is 0 Å². The highest BCUT2D eigenvalue weighted by Crippen LogP contribution is 2.43. The molecular formula is C16H24B2N2O4S2. The van der Waals surface area contributed by atoms with Crippen molar-refractivity contribution < 1.29 is 18.6 Å². The molecule has 0 N–H and O–H groups in total. The van der Waals surface area contributed by atoms with E-state index in [2.05, 4.69) is 8.73 Å². The van der Waals surface area contributed by atoms with Crippen molar-refractivity contribution in [2.45, 2.75) is 77.8 Å². The molecule has 0 spiro atoms. The van der Waals surface area contributed by atoms with Crippen LogP contribution in [-0.4, -0.2) is 36.6 Å². The highest BCUT2D eigenvalue weighted by Gasteiger charge is 2.56. The van der Waals surface area contributed by atoms with Crippen LogP contribution in [0.25, 0.3) is 0 Å². The summed E-state index contributed by atoms with van der Waals surface area (Å²) in [6.07, 6.45) is 0. The average molecular weight is 394 g/mol. The van der Waals surface area contributed by atoms with Gasteiger partial charge in [-0.2, -0.15) is 8.73 Å². The fourth-order valence-electron chi connectivity index (χ4n) is 2.95. The summed E-state index contributed by atoms with van der Waals surface area (Å²) in [4.78, 5) is 0. The largest absolute Gasteiger partial charge is 0.507 e. The zero-order valence-corrected chi connectivity index (χ0v) is 18.1. The molecule has 1 aromatic rings. The molecule has 0 saturated carbocycles. The van der Waals surface area contributed by atoms with Crippen molar-refractivity contribution in [2.75, 3.05) is 0 Å². The Morgan fingerprint density at radius 1 is 0.615 bits per heavy atom. The number of hydrogen-bond donors (Lipinski definition) is 0. The zero-order valence-electron chi connectivity index (χ0n) is 16.5. The molecule has 3 aliphatic rings. The summed E-state index contributed by atoms with van der Waals surface area (Å²) in [5.41, 5.74) is 0.0414. The monoisotopic (exact) mass is 394 g/mol. The maximum absolute atomic E-state index is 6.23. The first kappa shape index (κ1) is 18.8. The van der Waals surface area contributed by atoms with Crippen LogP contribution in [0.3, 0.4) is 0 Å². The fourth-order valence-corrected chi connectivity index (χ4v) is 4.74. The van der Waals surface area contributed by atoms with Gasteiger partial charge in [-0.25, -0.2) is 0 Å². The summed E-state index contributed by atoms with van der Waals surface area (Å²) in [5.74, 6) is 0. The van der Waals surface area contributed by atoms with Crippen LogP contribution in [0.2, 0.25) is 0 Å². The van der Waals surface area contributed by atoms with E-state index in [4.69, 9.17) is 18.6 Å². The van der Waals surface area contributed by atoms with Gasteiger partial charge in [0.15, 0.2) is 0 Å². The van der Waals surface area contributed by atoms with E-state index >= 15 is 0 Å². The predicted octanol–water partition coefficient (Wildman–Crippen LogP) is 3.07. The van der Waals surface area contributed by atoms with Crippen LogP contribution in [0.5, 0.6) is 0 Å². The normalized spacial score (nSPS) is 27.1. The van der Waals surface area contributed by atoms with Gasteiger partial charge in [0.1, 0.15) is 11.4 Å². The van der Waals surface area contributed by atoms with Crippen molar-refractivity contribution in [3.63, 3.8) is 0 Å². The first-order chi connectivity index (χ1) is 11.8. The first-order valence-corrected chi connectivity index (χ1v) is 10.4. The van der Waals surface area contributed by atoms with Gasteiger partial charge in [0.25, 0.3) is 0 Å². The molecule has 0 bridgehead atoms. The second-order valence-corrected chi connectivity index (χ2v) is 10.6. The lowest BCUT2D eigenvalue weighted by Crippen LogP contribution is -2.41. The smallest absolute Gasteiger partial charge is 0.399 e. The van der Waals surface area contributed by atoms with Crippen LogP contribution in [0.4, 0.5) is 11.4 Å². The van der Waals surface area contributed by atoms with Gasteiger partial charge in [-0.3, -0.25) is 0 Å². The molecule has 2 fully saturated rings. The van der Waals surface area contributed by atoms with E-state index in [1.165, 1.54) is 11.4 Å². The number of rotatable bonds is 2. The lowest BCUT2D eigenvalue weighted by Gasteiger charge is -2.32. The van der Waals surface area contributed by atoms with E-state index in [-0.39, 0.29) is 0 Å². The molecule has 0 atom stereocenters. The highest BCUT2D eigenvalue weighted by atomic mass is 32.1. The summed E-state index contributed by atoms with van der Waals surface area (Å²) in [6.45, 7) is 16.4. The van der Waals surface area contributed by atoms with E-state index < -0.39 is 36.6 Å². The molecule has 1 aromatic heterocycles. The molecule has 3 aliphatic heterocycles. The maximum atomic E-state index is 6.23. The van der Waals surface area contributed by atoms with Crippen LogP contribution in [0, 0.1) is 0 Å². The van der Waals surface area contributed by atoms with Crippen LogP contribution in [0.15, 0.2) is 8.73 Å². The SMILES string of the molecule is CC1(C)OB(c2sc(B3OC(C)(C)C(C)(C)O3)c3c2N=S=N3)OC1(C)C. The van der Waals surface area contributed by atoms with Gasteiger partial charge in [-0.05, 0) is 55.4 Å². The van der Waals surface area contributed by atoms with E-state index in [0.717, 1.165) is 20.9 Å². The summed E-state index contributed by atoms with van der Waals surface area (Å²) in [6, 6.07) is 0. The molecule has 0 radical (unpaired) electrons. The van der Waals surface area contributed by atoms with Crippen molar-refractivity contribution >= 4 is 57.9 Å². The van der Waals surface area contributed by atoms with Crippen LogP contribution < -0.4 is 9.55 Å². The molecule has 6 nitrogen and oxygen atoms in total. The number of thiophene rings is 1. The van der Waals surface area contributed by atoms with Crippen molar-refractivity contribution in [2.24, 2.45) is 8.73 Å². The molecule has 0 aliphatic carbocycles. The van der Waals surface area contributed by atoms with Crippen LogP contribution >= 0.6 is 11.3 Å². The Morgan fingerprint density at radius 3 is 1.23 bits per heavy atom. The Balaban J connectivity index is 1.71. The third kappa shape index (κ3) is 2.61. The van der Waals surface area contributed by atoms with Gasteiger partial charge in [-0.15, -0.1) is 11.3 Å². The molecular weight excluding hydrogens is 370 g/mol. The molecule has 4 heterocycles. The van der Waals surface area contributed by atoms with E-state index in [0.29, 0.717) is 0 Å². The Bertz CT molecular complexity index is 749. The zero-order chi connectivity index (χ0) is 19.1. The van der Waals surface area contributed by atoms with Crippen molar-refractivity contribution in [1.29, 1.82) is 0 Å². The third-order valence-electron chi connectivity index (χ3n) is 6.11. The number of nitrogens with zero attached hydrogens (tertiary/aromatic N) is 2. The minimum atomic E-state index is -0.465. The first-order valence-electron chi connectivity index (χ1n) is 8.81. The molecule has 4 rings (SSSR count).